The standard InChI is InChI=1S/C13H21NO6/c1-8(15)19-9-6-10(11(16)18-5)14(7-9)12(17)20-13(2,3)4/h9-10H,6-7H2,1-5H3/t9-,10+/m1/s1. The Balaban J connectivity index is 2.81. The molecule has 7 heteroatoms. The van der Waals surface area contributed by atoms with E-state index in [4.69, 9.17) is 9.47 Å². The van der Waals surface area contributed by atoms with E-state index in [9.17, 15) is 14.4 Å². The van der Waals surface area contributed by atoms with Crippen molar-refractivity contribution < 1.29 is 28.6 Å². The highest BCUT2D eigenvalue weighted by atomic mass is 16.6. The van der Waals surface area contributed by atoms with Gasteiger partial charge in [-0.1, -0.05) is 0 Å². The van der Waals surface area contributed by atoms with Crippen molar-refractivity contribution in [2.45, 2.75) is 51.9 Å². The largest absolute Gasteiger partial charge is 0.467 e. The topological polar surface area (TPSA) is 82.1 Å². The van der Waals surface area contributed by atoms with Gasteiger partial charge >= 0.3 is 18.0 Å². The second-order valence-electron chi connectivity index (χ2n) is 5.64. The van der Waals surface area contributed by atoms with Crippen molar-refractivity contribution in [1.29, 1.82) is 0 Å². The van der Waals surface area contributed by atoms with Crippen molar-refractivity contribution >= 4 is 18.0 Å². The summed E-state index contributed by atoms with van der Waals surface area (Å²) in [6.07, 6.45) is -0.933. The summed E-state index contributed by atoms with van der Waals surface area (Å²) in [5.74, 6) is -1.00. The van der Waals surface area contributed by atoms with E-state index in [0.29, 0.717) is 0 Å². The monoisotopic (exact) mass is 287 g/mol. The molecule has 1 aliphatic heterocycles. The van der Waals surface area contributed by atoms with E-state index >= 15 is 0 Å². The van der Waals surface area contributed by atoms with E-state index in [1.807, 2.05) is 0 Å². The van der Waals surface area contributed by atoms with E-state index < -0.39 is 35.8 Å². The van der Waals surface area contributed by atoms with Crippen LogP contribution in [-0.4, -0.2) is 54.3 Å². The van der Waals surface area contributed by atoms with E-state index in [1.54, 1.807) is 20.8 Å². The summed E-state index contributed by atoms with van der Waals surface area (Å²) in [5, 5.41) is 0. The van der Waals surface area contributed by atoms with Crippen LogP contribution < -0.4 is 0 Å². The number of esters is 2. The number of hydrogen-bond acceptors (Lipinski definition) is 6. The lowest BCUT2D eigenvalue weighted by Crippen LogP contribution is -2.44. The lowest BCUT2D eigenvalue weighted by atomic mass is 10.2. The average Bonchev–Trinajstić information content (AvgIpc) is 2.68. The van der Waals surface area contributed by atoms with Crippen LogP contribution in [-0.2, 0) is 23.8 Å². The molecule has 1 rings (SSSR count). The van der Waals surface area contributed by atoms with Crippen LogP contribution in [0.5, 0.6) is 0 Å². The molecule has 0 spiro atoms. The van der Waals surface area contributed by atoms with Gasteiger partial charge in [-0.25, -0.2) is 9.59 Å². The molecule has 0 N–H and O–H groups in total. The fraction of sp³-hybridized carbons (Fsp3) is 0.769. The second-order valence-corrected chi connectivity index (χ2v) is 5.64. The zero-order valence-electron chi connectivity index (χ0n) is 12.5. The maximum absolute atomic E-state index is 12.1. The number of carbonyl (C=O) groups excluding carboxylic acids is 3. The van der Waals surface area contributed by atoms with Crippen LogP contribution in [0.25, 0.3) is 0 Å². The van der Waals surface area contributed by atoms with Gasteiger partial charge in [0.2, 0.25) is 0 Å². The molecule has 1 fully saturated rings. The smallest absolute Gasteiger partial charge is 0.411 e. The molecule has 1 heterocycles. The normalized spacial score (nSPS) is 22.4. The molecule has 0 bridgehead atoms. The first kappa shape index (κ1) is 16.3. The van der Waals surface area contributed by atoms with Crippen LogP contribution in [0.4, 0.5) is 4.79 Å². The number of methoxy groups -OCH3 is 1. The molecule has 114 valence electrons. The number of ether oxygens (including phenoxy) is 3. The highest BCUT2D eigenvalue weighted by molar-refractivity contribution is 5.82. The van der Waals surface area contributed by atoms with Crippen molar-refractivity contribution in [3.05, 3.63) is 0 Å². The van der Waals surface area contributed by atoms with Gasteiger partial charge < -0.3 is 14.2 Å². The summed E-state index contributed by atoms with van der Waals surface area (Å²) in [5.41, 5.74) is -0.669. The third kappa shape index (κ3) is 4.40. The Morgan fingerprint density at radius 3 is 2.25 bits per heavy atom. The van der Waals surface area contributed by atoms with Crippen LogP contribution in [0.15, 0.2) is 0 Å². The van der Waals surface area contributed by atoms with Crippen LogP contribution in [0.3, 0.4) is 0 Å². The molecule has 7 nitrogen and oxygen atoms in total. The Morgan fingerprint density at radius 1 is 1.20 bits per heavy atom. The van der Waals surface area contributed by atoms with Gasteiger partial charge in [0.1, 0.15) is 17.7 Å². The van der Waals surface area contributed by atoms with E-state index in [1.165, 1.54) is 18.9 Å². The zero-order valence-corrected chi connectivity index (χ0v) is 12.5. The molecular formula is C13H21NO6. The number of nitrogens with zero attached hydrogens (tertiary/aromatic N) is 1. The Labute approximate surface area is 118 Å². The van der Waals surface area contributed by atoms with E-state index in [-0.39, 0.29) is 13.0 Å². The van der Waals surface area contributed by atoms with Gasteiger partial charge in [-0.15, -0.1) is 0 Å². The van der Waals surface area contributed by atoms with Crippen LogP contribution >= 0.6 is 0 Å². The van der Waals surface area contributed by atoms with Gasteiger partial charge in [0.05, 0.1) is 13.7 Å². The summed E-state index contributed by atoms with van der Waals surface area (Å²) in [6, 6.07) is -0.792. The summed E-state index contributed by atoms with van der Waals surface area (Å²) < 4.78 is 15.0. The number of hydrogen-bond donors (Lipinski definition) is 0. The molecule has 20 heavy (non-hydrogen) atoms. The van der Waals surface area contributed by atoms with Crippen molar-refractivity contribution in [1.82, 2.24) is 4.90 Å². The van der Waals surface area contributed by atoms with Gasteiger partial charge in [-0.05, 0) is 20.8 Å². The minimum Gasteiger partial charge on any atom is -0.467 e. The first-order valence-corrected chi connectivity index (χ1v) is 6.38. The fourth-order valence-electron chi connectivity index (χ4n) is 2.00. The van der Waals surface area contributed by atoms with Crippen molar-refractivity contribution in [2.24, 2.45) is 0 Å². The van der Waals surface area contributed by atoms with Crippen molar-refractivity contribution in [2.75, 3.05) is 13.7 Å². The molecule has 2 atom stereocenters. The van der Waals surface area contributed by atoms with Crippen molar-refractivity contribution in [3.8, 4) is 0 Å². The fourth-order valence-corrected chi connectivity index (χ4v) is 2.00. The highest BCUT2D eigenvalue weighted by Crippen LogP contribution is 2.24. The van der Waals surface area contributed by atoms with Gasteiger partial charge in [0.25, 0.3) is 0 Å². The highest BCUT2D eigenvalue weighted by Gasteiger charge is 2.43. The third-order valence-electron chi connectivity index (χ3n) is 2.70. The first-order valence-electron chi connectivity index (χ1n) is 6.38. The van der Waals surface area contributed by atoms with Gasteiger partial charge in [0, 0.05) is 13.3 Å². The second kappa shape index (κ2) is 6.11. The molecule has 0 unspecified atom stereocenters. The number of rotatable bonds is 2. The average molecular weight is 287 g/mol. The summed E-state index contributed by atoms with van der Waals surface area (Å²) in [7, 11) is 1.24. The lowest BCUT2D eigenvalue weighted by Gasteiger charge is -2.27. The van der Waals surface area contributed by atoms with Crippen LogP contribution in [0.2, 0.25) is 0 Å². The van der Waals surface area contributed by atoms with Gasteiger partial charge in [0.15, 0.2) is 0 Å². The van der Waals surface area contributed by atoms with E-state index in [0.717, 1.165) is 0 Å². The zero-order chi connectivity index (χ0) is 15.5. The molecule has 0 saturated carbocycles. The van der Waals surface area contributed by atoms with Gasteiger partial charge in [-0.3, -0.25) is 9.69 Å². The number of amides is 1. The molecule has 0 aromatic rings. The Bertz CT molecular complexity index is 400. The van der Waals surface area contributed by atoms with Crippen LogP contribution in [0, 0.1) is 0 Å². The van der Waals surface area contributed by atoms with Crippen LogP contribution in [0.1, 0.15) is 34.1 Å². The molecule has 0 aliphatic carbocycles. The maximum atomic E-state index is 12.1. The molecule has 1 amide bonds. The molecular weight excluding hydrogens is 266 g/mol. The number of carbonyl (C=O) groups is 3. The van der Waals surface area contributed by atoms with E-state index in [2.05, 4.69) is 4.74 Å². The Kier molecular flexibility index (Phi) is 4.97. The van der Waals surface area contributed by atoms with Crippen molar-refractivity contribution in [3.63, 3.8) is 0 Å². The van der Waals surface area contributed by atoms with Gasteiger partial charge in [-0.2, -0.15) is 0 Å². The summed E-state index contributed by atoms with van der Waals surface area (Å²) in [6.45, 7) is 6.60. The Hall–Kier alpha value is -1.79. The Morgan fingerprint density at radius 2 is 1.80 bits per heavy atom. The summed E-state index contributed by atoms with van der Waals surface area (Å²) in [4.78, 5) is 36.0. The lowest BCUT2D eigenvalue weighted by molar-refractivity contribution is -0.148. The maximum Gasteiger partial charge on any atom is 0.411 e. The predicted octanol–water partition coefficient (Wildman–Crippen LogP) is 1.10. The molecule has 1 aliphatic rings. The minimum atomic E-state index is -0.792. The predicted molar refractivity (Wildman–Crippen MR) is 68.9 cm³/mol. The number of likely N-dealkylation sites (tertiary alicyclic amines) is 1. The SMILES string of the molecule is COC(=O)[C@@H]1C[C@@H](OC(C)=O)CN1C(=O)OC(C)(C)C. The first-order chi connectivity index (χ1) is 9.14. The third-order valence-corrected chi connectivity index (χ3v) is 2.70. The minimum absolute atomic E-state index is 0.119. The molecule has 1 saturated heterocycles. The molecule has 0 radical (unpaired) electrons. The molecule has 0 aromatic heterocycles. The molecule has 0 aromatic carbocycles. The summed E-state index contributed by atoms with van der Waals surface area (Å²) >= 11 is 0. The quantitative estimate of drug-likeness (QED) is 0.559.